The van der Waals surface area contributed by atoms with Crippen LogP contribution in [0.3, 0.4) is 0 Å². The number of fused-ring (bicyclic) bond motifs is 13. The molecule has 0 spiro atoms. The number of nitrogens with zero attached hydrogens (tertiary/aromatic N) is 4. The first kappa shape index (κ1) is 27.1. The van der Waals surface area contributed by atoms with Crippen molar-refractivity contribution in [2.45, 2.75) is 0 Å². The van der Waals surface area contributed by atoms with Crippen molar-refractivity contribution < 1.29 is 4.42 Å². The summed E-state index contributed by atoms with van der Waals surface area (Å²) < 4.78 is 8.72. The van der Waals surface area contributed by atoms with Crippen LogP contribution < -0.4 is 0 Å². The lowest BCUT2D eigenvalue weighted by Gasteiger charge is -2.09. The zero-order valence-corrected chi connectivity index (χ0v) is 26.7. The van der Waals surface area contributed by atoms with Crippen molar-refractivity contribution in [3.8, 4) is 17.1 Å². The zero-order valence-electron chi connectivity index (χ0n) is 26.7. The highest BCUT2D eigenvalue weighted by Gasteiger charge is 2.15. The van der Waals surface area contributed by atoms with Crippen LogP contribution in [0.15, 0.2) is 162 Å². The van der Waals surface area contributed by atoms with Crippen molar-refractivity contribution in [1.29, 1.82) is 0 Å². The third kappa shape index (κ3) is 3.98. The van der Waals surface area contributed by atoms with E-state index in [-0.39, 0.29) is 0 Å². The van der Waals surface area contributed by atoms with Crippen LogP contribution in [0.5, 0.6) is 0 Å². The highest BCUT2D eigenvalue weighted by Crippen LogP contribution is 2.37. The van der Waals surface area contributed by atoms with E-state index in [1.807, 2.05) is 12.1 Å². The van der Waals surface area contributed by atoms with Crippen LogP contribution in [0.2, 0.25) is 0 Å². The predicted molar refractivity (Wildman–Crippen MR) is 206 cm³/mol. The summed E-state index contributed by atoms with van der Waals surface area (Å²) in [5.74, 6) is 0.616. The van der Waals surface area contributed by atoms with Gasteiger partial charge in [-0.15, -0.1) is 0 Å². The van der Waals surface area contributed by atoms with E-state index in [1.165, 1.54) is 21.8 Å². The van der Waals surface area contributed by atoms with Crippen molar-refractivity contribution in [2.24, 2.45) is 0 Å². The fourth-order valence-electron chi connectivity index (χ4n) is 7.71. The molecule has 0 radical (unpaired) electrons. The average Bonchev–Trinajstić information content (AvgIpc) is 3.73. The molecule has 0 aliphatic heterocycles. The lowest BCUT2D eigenvalue weighted by atomic mass is 10.0. The largest absolute Gasteiger partial charge is 0.456 e. The van der Waals surface area contributed by atoms with Crippen LogP contribution in [0.1, 0.15) is 0 Å². The molecule has 5 heteroatoms. The van der Waals surface area contributed by atoms with Gasteiger partial charge in [0.25, 0.3) is 0 Å². The van der Waals surface area contributed by atoms with Crippen molar-refractivity contribution in [2.75, 3.05) is 0 Å². The van der Waals surface area contributed by atoms with E-state index in [1.54, 1.807) is 0 Å². The number of benzene rings is 7. The Kier molecular flexibility index (Phi) is 5.60. The summed E-state index contributed by atoms with van der Waals surface area (Å²) in [6.07, 6.45) is 0. The normalized spacial score (nSPS) is 12.0. The number of furan rings is 1. The molecule has 4 aromatic heterocycles. The van der Waals surface area contributed by atoms with Crippen molar-refractivity contribution >= 4 is 87.4 Å². The highest BCUT2D eigenvalue weighted by atomic mass is 16.3. The van der Waals surface area contributed by atoms with Crippen LogP contribution in [-0.4, -0.2) is 19.5 Å². The van der Waals surface area contributed by atoms with Crippen LogP contribution in [0.25, 0.3) is 104 Å². The minimum Gasteiger partial charge on any atom is -0.456 e. The quantitative estimate of drug-likeness (QED) is 0.189. The molecular weight excluding hydrogens is 613 g/mol. The standard InChI is InChI=1S/C45H26N4O/c1-2-12-33-29-21-24-40-37(26-29)42-36(15-8-18-41(42)50-40)45-47-43(46-44(48-45)30-10-7-9-28(25-30)32(33)11-1)27-19-22-31(23-20-27)49-38-16-5-3-13-34(38)35-14-4-6-17-39(35)49/h1-26H. The fourth-order valence-corrected chi connectivity index (χ4v) is 7.71. The SMILES string of the molecule is c1cc2cc(c1)c1ccccc1c1ccc3oc4cccc(c5nc(-c6ccc(-n7c8ccccc8c8ccccc87)cc6)nc2n5)c4c3c1. The molecule has 6 bridgehead atoms. The Morgan fingerprint density at radius 3 is 1.78 bits per heavy atom. The molecule has 50 heavy (non-hydrogen) atoms. The van der Waals surface area contributed by atoms with Crippen LogP contribution in [-0.2, 0) is 0 Å². The summed E-state index contributed by atoms with van der Waals surface area (Å²) in [5, 5.41) is 10.9. The molecule has 0 fully saturated rings. The first-order valence-corrected chi connectivity index (χ1v) is 16.8. The molecule has 11 aromatic rings. The number of para-hydroxylation sites is 2. The summed E-state index contributed by atoms with van der Waals surface area (Å²) in [4.78, 5) is 15.4. The van der Waals surface area contributed by atoms with Gasteiger partial charge in [0.2, 0.25) is 0 Å². The molecule has 0 saturated carbocycles. The van der Waals surface area contributed by atoms with Gasteiger partial charge in [-0.1, -0.05) is 97.1 Å². The van der Waals surface area contributed by atoms with Gasteiger partial charge in [-0.2, -0.15) is 0 Å². The maximum atomic E-state index is 6.40. The van der Waals surface area contributed by atoms with Crippen LogP contribution in [0.4, 0.5) is 0 Å². The van der Waals surface area contributed by atoms with E-state index in [9.17, 15) is 0 Å². The monoisotopic (exact) mass is 638 g/mol. The van der Waals surface area contributed by atoms with Crippen LogP contribution >= 0.6 is 0 Å². The van der Waals surface area contributed by atoms with Crippen molar-refractivity contribution in [3.05, 3.63) is 158 Å². The van der Waals surface area contributed by atoms with E-state index in [4.69, 9.17) is 19.4 Å². The smallest absolute Gasteiger partial charge is 0.164 e. The second-order valence-corrected chi connectivity index (χ2v) is 12.8. The third-order valence-electron chi connectivity index (χ3n) is 10.0. The van der Waals surface area contributed by atoms with Gasteiger partial charge in [0.05, 0.1) is 11.0 Å². The lowest BCUT2D eigenvalue weighted by Crippen LogP contribution is -1.96. The average molecular weight is 639 g/mol. The third-order valence-corrected chi connectivity index (χ3v) is 10.0. The minimum atomic E-state index is 0.609. The van der Waals surface area contributed by atoms with Crippen molar-refractivity contribution in [1.82, 2.24) is 19.5 Å². The molecule has 0 amide bonds. The Balaban J connectivity index is 1.22. The molecule has 232 valence electrons. The summed E-state index contributed by atoms with van der Waals surface area (Å²) in [6.45, 7) is 0. The van der Waals surface area contributed by atoms with Crippen LogP contribution in [0, 0.1) is 0 Å². The van der Waals surface area contributed by atoms with Crippen molar-refractivity contribution in [3.63, 3.8) is 0 Å². The zero-order chi connectivity index (χ0) is 32.8. The Hall–Kier alpha value is -6.85. The fraction of sp³-hybridized carbons (Fsp3) is 0. The van der Waals surface area contributed by atoms with E-state index >= 15 is 0 Å². The molecule has 11 rings (SSSR count). The number of rotatable bonds is 2. The predicted octanol–water partition coefficient (Wildman–Crippen LogP) is 11.7. The molecule has 5 nitrogen and oxygen atoms in total. The first-order valence-electron chi connectivity index (χ1n) is 16.8. The van der Waals surface area contributed by atoms with E-state index < -0.39 is 0 Å². The molecule has 0 aliphatic carbocycles. The maximum absolute atomic E-state index is 6.40. The Morgan fingerprint density at radius 1 is 0.400 bits per heavy atom. The summed E-state index contributed by atoms with van der Waals surface area (Å²) in [6, 6.07) is 55.3. The van der Waals surface area contributed by atoms with E-state index in [2.05, 4.69) is 150 Å². The number of hydrogen-bond acceptors (Lipinski definition) is 4. The molecule has 0 aliphatic rings. The van der Waals surface area contributed by atoms with E-state index in [0.717, 1.165) is 65.5 Å². The van der Waals surface area contributed by atoms with Gasteiger partial charge >= 0.3 is 0 Å². The molecule has 0 N–H and O–H groups in total. The van der Waals surface area contributed by atoms with Gasteiger partial charge in [0.15, 0.2) is 17.1 Å². The maximum Gasteiger partial charge on any atom is 0.164 e. The summed E-state index contributed by atoms with van der Waals surface area (Å²) in [7, 11) is 0. The molecule has 4 heterocycles. The molecular formula is C45H26N4O. The Morgan fingerprint density at radius 2 is 1.02 bits per heavy atom. The number of hydrogen-bond donors (Lipinski definition) is 0. The topological polar surface area (TPSA) is 56.7 Å². The number of aromatic nitrogens is 4. The van der Waals surface area contributed by atoms with Gasteiger partial charge in [-0.3, -0.25) is 0 Å². The summed E-state index contributed by atoms with van der Waals surface area (Å²) >= 11 is 0. The second kappa shape index (κ2) is 10.3. The van der Waals surface area contributed by atoms with Gasteiger partial charge in [-0.05, 0) is 82.2 Å². The van der Waals surface area contributed by atoms with Gasteiger partial charge in [-0.25, -0.2) is 15.0 Å². The van der Waals surface area contributed by atoms with Gasteiger partial charge in [0, 0.05) is 43.6 Å². The van der Waals surface area contributed by atoms with E-state index in [0.29, 0.717) is 17.1 Å². The second-order valence-electron chi connectivity index (χ2n) is 12.8. The Bertz CT molecular complexity index is 3160. The van der Waals surface area contributed by atoms with Gasteiger partial charge < -0.3 is 8.98 Å². The molecule has 0 saturated heterocycles. The minimum absolute atomic E-state index is 0.609. The Labute approximate surface area is 285 Å². The highest BCUT2D eigenvalue weighted by molar-refractivity contribution is 6.19. The molecule has 0 atom stereocenters. The molecule has 7 aromatic carbocycles. The molecule has 0 unspecified atom stereocenters. The summed E-state index contributed by atoms with van der Waals surface area (Å²) in [5.41, 5.74) is 7.21. The lowest BCUT2D eigenvalue weighted by molar-refractivity contribution is 0.669. The first-order chi connectivity index (χ1) is 24.8. The van der Waals surface area contributed by atoms with Gasteiger partial charge in [0.1, 0.15) is 11.2 Å².